The van der Waals surface area contributed by atoms with Crippen LogP contribution in [0.4, 0.5) is 24.0 Å². The molecule has 1 fully saturated rings. The molecule has 15 heteroatoms. The second-order valence-electron chi connectivity index (χ2n) is 10.9. The Kier molecular flexibility index (Phi) is 8.21. The third-order valence-electron chi connectivity index (χ3n) is 8.14. The molecule has 2 aromatic carbocycles. The van der Waals surface area contributed by atoms with Crippen molar-refractivity contribution >= 4 is 61.0 Å². The number of likely N-dealkylation sites (N-methyl/N-ethyl adjacent to an activating group) is 1. The van der Waals surface area contributed by atoms with Gasteiger partial charge in [0.15, 0.2) is 5.82 Å². The second-order valence-corrected chi connectivity index (χ2v) is 12.4. The Hall–Kier alpha value is -4.16. The van der Waals surface area contributed by atoms with Crippen LogP contribution in [0.5, 0.6) is 6.01 Å². The lowest BCUT2D eigenvalue weighted by molar-refractivity contribution is 0.117. The number of nitriles is 1. The van der Waals surface area contributed by atoms with E-state index in [1.807, 2.05) is 48.0 Å². The molecule has 0 radical (unpaired) electrons. The first kappa shape index (κ1) is 30.8. The van der Waals surface area contributed by atoms with E-state index in [1.54, 1.807) is 19.5 Å². The van der Waals surface area contributed by atoms with Crippen molar-refractivity contribution in [3.05, 3.63) is 52.6 Å². The van der Waals surface area contributed by atoms with Crippen LogP contribution < -0.4 is 15.4 Å². The molecule has 0 amide bonds. The van der Waals surface area contributed by atoms with E-state index >= 15 is 8.78 Å². The number of nitrogens with zero attached hydrogens (tertiary/aromatic N) is 7. The summed E-state index contributed by atoms with van der Waals surface area (Å²) in [5.74, 6) is -2.73. The summed E-state index contributed by atoms with van der Waals surface area (Å²) in [6.07, 6.45) is 4.50. The lowest BCUT2D eigenvalue weighted by atomic mass is 9.96. The quantitative estimate of drug-likeness (QED) is 0.280. The molecule has 4 heterocycles. The Morgan fingerprint density at radius 1 is 1.18 bits per heavy atom. The molecule has 2 N–H and O–H groups in total. The Balaban J connectivity index is 1.59. The second kappa shape index (κ2) is 12.0. The highest BCUT2D eigenvalue weighted by Crippen LogP contribution is 2.47. The van der Waals surface area contributed by atoms with E-state index in [4.69, 9.17) is 31.8 Å². The van der Waals surface area contributed by atoms with E-state index in [0.29, 0.717) is 25.0 Å². The number of ether oxygens (including phenoxy) is 2. The van der Waals surface area contributed by atoms with Crippen LogP contribution in [0.1, 0.15) is 12.5 Å². The molecule has 2 aliphatic heterocycles. The molecule has 10 nitrogen and oxygen atoms in total. The third kappa shape index (κ3) is 5.29. The summed E-state index contributed by atoms with van der Waals surface area (Å²) < 4.78 is 59.1. The molecular weight excluding hydrogens is 629 g/mol. The van der Waals surface area contributed by atoms with Crippen LogP contribution >= 0.6 is 22.9 Å². The molecule has 0 aliphatic carbocycles. The summed E-state index contributed by atoms with van der Waals surface area (Å²) in [5.41, 5.74) is 4.82. The average molecular weight is 657 g/mol. The van der Waals surface area contributed by atoms with E-state index in [9.17, 15) is 9.65 Å². The van der Waals surface area contributed by atoms with Crippen LogP contribution in [0.25, 0.3) is 32.1 Å². The SMILES string of the molecule is C[C@H](N1C=CN=CC1)N(C)c1nc(O[C@H]2COC[C@@H]2N(C)C)nc2c(F)c(-c3c(F)cc(F)c4sc(N)c(C#N)c34)c(Cl)cc12. The van der Waals surface area contributed by atoms with E-state index in [-0.39, 0.29) is 67.0 Å². The highest BCUT2D eigenvalue weighted by atomic mass is 35.5. The van der Waals surface area contributed by atoms with E-state index < -0.39 is 29.1 Å². The first-order valence-corrected chi connectivity index (χ1v) is 15.1. The maximum absolute atomic E-state index is 16.9. The monoisotopic (exact) mass is 656 g/mol. The van der Waals surface area contributed by atoms with Gasteiger partial charge in [-0.05, 0) is 27.1 Å². The smallest absolute Gasteiger partial charge is 0.319 e. The third-order valence-corrected chi connectivity index (χ3v) is 9.46. The van der Waals surface area contributed by atoms with Gasteiger partial charge in [0.1, 0.15) is 40.1 Å². The maximum Gasteiger partial charge on any atom is 0.319 e. The number of benzene rings is 2. The molecule has 0 spiro atoms. The minimum atomic E-state index is -1.11. The lowest BCUT2D eigenvalue weighted by Crippen LogP contribution is -2.44. The molecule has 0 bridgehead atoms. The fraction of sp³-hybridized carbons (Fsp3) is 0.333. The van der Waals surface area contributed by atoms with Gasteiger partial charge in [-0.25, -0.2) is 13.2 Å². The molecular formula is C30H28ClF3N8O2S. The number of thiophene rings is 1. The summed E-state index contributed by atoms with van der Waals surface area (Å²) in [7, 11) is 5.57. The number of aliphatic imine (C=N–C) groups is 1. The Morgan fingerprint density at radius 2 is 1.96 bits per heavy atom. The predicted octanol–water partition coefficient (Wildman–Crippen LogP) is 5.38. The highest BCUT2D eigenvalue weighted by molar-refractivity contribution is 7.23. The molecule has 234 valence electrons. The van der Waals surface area contributed by atoms with Gasteiger partial charge in [0.2, 0.25) is 0 Å². The summed E-state index contributed by atoms with van der Waals surface area (Å²) in [6, 6.07) is 3.72. The largest absolute Gasteiger partial charge is 0.456 e. The number of anilines is 2. The Morgan fingerprint density at radius 3 is 2.64 bits per heavy atom. The number of rotatable bonds is 7. The zero-order valence-corrected chi connectivity index (χ0v) is 26.3. The van der Waals surface area contributed by atoms with Gasteiger partial charge in [0, 0.05) is 53.6 Å². The molecule has 0 saturated carbocycles. The summed E-state index contributed by atoms with van der Waals surface area (Å²) in [4.78, 5) is 19.0. The van der Waals surface area contributed by atoms with Crippen molar-refractivity contribution in [3.63, 3.8) is 0 Å². The van der Waals surface area contributed by atoms with Crippen LogP contribution in [-0.4, -0.2) is 85.2 Å². The maximum atomic E-state index is 16.9. The normalized spacial score (nSPS) is 18.7. The molecule has 45 heavy (non-hydrogen) atoms. The zero-order chi connectivity index (χ0) is 32.2. The molecule has 1 saturated heterocycles. The fourth-order valence-corrected chi connectivity index (χ4v) is 6.83. The number of nitrogen functional groups attached to an aromatic ring is 1. The van der Waals surface area contributed by atoms with Crippen molar-refractivity contribution in [2.45, 2.75) is 25.2 Å². The van der Waals surface area contributed by atoms with Crippen LogP contribution in [0.2, 0.25) is 5.02 Å². The van der Waals surface area contributed by atoms with Crippen molar-refractivity contribution in [2.24, 2.45) is 4.99 Å². The van der Waals surface area contributed by atoms with E-state index in [0.717, 1.165) is 11.3 Å². The number of hydrogen-bond donors (Lipinski definition) is 1. The van der Waals surface area contributed by atoms with E-state index in [2.05, 4.69) is 9.98 Å². The van der Waals surface area contributed by atoms with Crippen molar-refractivity contribution in [2.75, 3.05) is 51.5 Å². The van der Waals surface area contributed by atoms with Crippen LogP contribution in [0.3, 0.4) is 0 Å². The minimum absolute atomic E-state index is 0.0301. The number of aromatic nitrogens is 2. The summed E-state index contributed by atoms with van der Waals surface area (Å²) in [5, 5.41) is 9.64. The molecule has 0 unspecified atom stereocenters. The number of halogens is 4. The van der Waals surface area contributed by atoms with E-state index in [1.165, 1.54) is 6.07 Å². The van der Waals surface area contributed by atoms with Gasteiger partial charge in [0.25, 0.3) is 0 Å². The zero-order valence-electron chi connectivity index (χ0n) is 24.7. The highest BCUT2D eigenvalue weighted by Gasteiger charge is 2.34. The van der Waals surface area contributed by atoms with Crippen molar-refractivity contribution in [3.8, 4) is 23.2 Å². The summed E-state index contributed by atoms with van der Waals surface area (Å²) in [6.45, 7) is 3.17. The molecule has 2 aliphatic rings. The standard InChI is InChI=1S/C30H28ClF3N8O2S/c1-14(42-7-5-37-6-8-42)41(4)29-15-9-17(31)23(24-18(32)10-19(33)27-22(24)16(11-35)28(36)45-27)25(34)26(15)38-30(39-29)44-21-13-43-12-20(21)40(2)3/h5-7,9-10,14,20-21H,8,12-13,36H2,1-4H3/t14-,20-,21-/m0/s1. The summed E-state index contributed by atoms with van der Waals surface area (Å²) >= 11 is 7.49. The van der Waals surface area contributed by atoms with Crippen LogP contribution in [-0.2, 0) is 4.74 Å². The average Bonchev–Trinajstić information content (AvgIpc) is 3.62. The lowest BCUT2D eigenvalue weighted by Gasteiger charge is -2.36. The van der Waals surface area contributed by atoms with Crippen LogP contribution in [0, 0.1) is 28.8 Å². The van der Waals surface area contributed by atoms with Gasteiger partial charge in [0.05, 0.1) is 47.3 Å². The van der Waals surface area contributed by atoms with Gasteiger partial charge in [-0.2, -0.15) is 15.2 Å². The Bertz CT molecular complexity index is 1930. The fourth-order valence-electron chi connectivity index (χ4n) is 5.61. The number of fused-ring (bicyclic) bond motifs is 2. The number of nitrogens with two attached hydrogens (primary N) is 1. The van der Waals surface area contributed by atoms with Crippen molar-refractivity contribution < 1.29 is 22.6 Å². The Labute approximate surface area is 265 Å². The van der Waals surface area contributed by atoms with Crippen LogP contribution in [0.15, 0.2) is 29.5 Å². The first-order chi connectivity index (χ1) is 21.5. The molecule has 2 aromatic heterocycles. The molecule has 3 atom stereocenters. The van der Waals surface area contributed by atoms with Gasteiger partial charge in [-0.3, -0.25) is 4.99 Å². The van der Waals surface area contributed by atoms with Gasteiger partial charge in [-0.1, -0.05) is 11.6 Å². The van der Waals surface area contributed by atoms with Crippen molar-refractivity contribution in [1.82, 2.24) is 19.8 Å². The predicted molar refractivity (Wildman–Crippen MR) is 169 cm³/mol. The van der Waals surface area contributed by atoms with Gasteiger partial charge >= 0.3 is 6.01 Å². The molecule has 4 aromatic rings. The van der Waals surface area contributed by atoms with Gasteiger partial charge < -0.3 is 29.9 Å². The van der Waals surface area contributed by atoms with Gasteiger partial charge in [-0.15, -0.1) is 11.3 Å². The topological polar surface area (TPSA) is 116 Å². The minimum Gasteiger partial charge on any atom is -0.456 e. The first-order valence-electron chi connectivity index (χ1n) is 13.9. The number of hydrogen-bond acceptors (Lipinski definition) is 11. The van der Waals surface area contributed by atoms with Crippen molar-refractivity contribution in [1.29, 1.82) is 5.26 Å². The molecule has 6 rings (SSSR count).